The minimum absolute atomic E-state index is 0.0141. The number of carbonyl (C=O) groups excluding carboxylic acids is 1. The van der Waals surface area contributed by atoms with E-state index in [4.69, 9.17) is 4.74 Å². The van der Waals surface area contributed by atoms with E-state index in [9.17, 15) is 13.6 Å². The van der Waals surface area contributed by atoms with E-state index >= 15 is 0 Å². The van der Waals surface area contributed by atoms with Gasteiger partial charge >= 0.3 is 6.09 Å². The molecule has 1 aliphatic carbocycles. The van der Waals surface area contributed by atoms with Crippen LogP contribution in [0.15, 0.2) is 0 Å². The molecule has 1 atom stereocenters. The third-order valence-corrected chi connectivity index (χ3v) is 3.00. The van der Waals surface area contributed by atoms with E-state index in [1.807, 2.05) is 0 Å². The van der Waals surface area contributed by atoms with Crippen LogP contribution in [0.3, 0.4) is 0 Å². The number of rotatable bonds is 1. The lowest BCUT2D eigenvalue weighted by Crippen LogP contribution is -2.52. The molecule has 2 rings (SSSR count). The van der Waals surface area contributed by atoms with Gasteiger partial charge in [0.1, 0.15) is 5.60 Å². The number of ether oxygens (including phenoxy) is 1. The highest BCUT2D eigenvalue weighted by atomic mass is 19.3. The Hall–Kier alpha value is -0.870. The Labute approximate surface area is 93.7 Å². The fourth-order valence-corrected chi connectivity index (χ4v) is 1.99. The molecule has 0 bridgehead atoms. The lowest BCUT2D eigenvalue weighted by molar-refractivity contribution is -0.0149. The zero-order chi connectivity index (χ0) is 12.1. The molecule has 0 aromatic rings. The van der Waals surface area contributed by atoms with Crippen LogP contribution in [0.4, 0.5) is 13.6 Å². The van der Waals surface area contributed by atoms with Crippen molar-refractivity contribution in [2.75, 3.05) is 13.1 Å². The summed E-state index contributed by atoms with van der Waals surface area (Å²) in [6.45, 7) is 6.19. The molecule has 5 heteroatoms. The fourth-order valence-electron chi connectivity index (χ4n) is 1.99. The van der Waals surface area contributed by atoms with Crippen molar-refractivity contribution in [3.8, 4) is 0 Å². The van der Waals surface area contributed by atoms with Crippen molar-refractivity contribution in [2.45, 2.75) is 38.7 Å². The molecule has 0 aromatic heterocycles. The number of hydrogen-bond donors (Lipinski definition) is 0. The molecule has 1 heterocycles. The maximum atomic E-state index is 12.7. The average molecular weight is 233 g/mol. The second-order valence-electron chi connectivity index (χ2n) is 5.72. The van der Waals surface area contributed by atoms with Gasteiger partial charge in [0.15, 0.2) is 0 Å². The molecule has 0 N–H and O–H groups in total. The van der Waals surface area contributed by atoms with Crippen molar-refractivity contribution >= 4 is 6.09 Å². The third-order valence-electron chi connectivity index (χ3n) is 3.00. The predicted molar refractivity (Wildman–Crippen MR) is 54.4 cm³/mol. The van der Waals surface area contributed by atoms with Crippen molar-refractivity contribution in [3.05, 3.63) is 0 Å². The molecule has 0 aromatic carbocycles. The minimum Gasteiger partial charge on any atom is -0.444 e. The van der Waals surface area contributed by atoms with Gasteiger partial charge in [0.2, 0.25) is 0 Å². The number of halogens is 2. The summed E-state index contributed by atoms with van der Waals surface area (Å²) in [5.41, 5.74) is -0.522. The van der Waals surface area contributed by atoms with E-state index in [-0.39, 0.29) is 12.3 Å². The van der Waals surface area contributed by atoms with Gasteiger partial charge in [-0.2, -0.15) is 0 Å². The molecule has 2 aliphatic rings. The summed E-state index contributed by atoms with van der Waals surface area (Å²) in [6, 6.07) is 0. The van der Waals surface area contributed by atoms with E-state index in [1.54, 1.807) is 20.8 Å². The molecule has 2 fully saturated rings. The second kappa shape index (κ2) is 3.31. The predicted octanol–water partition coefficient (Wildman–Crippen LogP) is 2.51. The van der Waals surface area contributed by atoms with Crippen molar-refractivity contribution < 1.29 is 18.3 Å². The Kier molecular flexibility index (Phi) is 2.40. The van der Waals surface area contributed by atoms with E-state index in [0.29, 0.717) is 13.1 Å². The van der Waals surface area contributed by atoms with Crippen molar-refractivity contribution in [1.82, 2.24) is 4.90 Å². The first kappa shape index (κ1) is 11.6. The largest absolute Gasteiger partial charge is 0.444 e. The van der Waals surface area contributed by atoms with Crippen LogP contribution < -0.4 is 0 Å². The highest BCUT2D eigenvalue weighted by molar-refractivity contribution is 5.69. The zero-order valence-corrected chi connectivity index (χ0v) is 9.80. The summed E-state index contributed by atoms with van der Waals surface area (Å²) in [5, 5.41) is 0. The summed E-state index contributed by atoms with van der Waals surface area (Å²) < 4.78 is 30.6. The number of amides is 1. The normalized spacial score (nSPS) is 28.6. The molecule has 0 spiro atoms. The van der Waals surface area contributed by atoms with Gasteiger partial charge in [-0.05, 0) is 20.8 Å². The first-order valence-electron chi connectivity index (χ1n) is 5.55. The van der Waals surface area contributed by atoms with Gasteiger partial charge in [-0.1, -0.05) is 0 Å². The van der Waals surface area contributed by atoms with E-state index in [1.165, 1.54) is 4.90 Å². The molecule has 1 saturated carbocycles. The highest BCUT2D eigenvalue weighted by Gasteiger charge is 2.62. The summed E-state index contributed by atoms with van der Waals surface area (Å²) in [6.07, 6.45) is -0.410. The molecule has 16 heavy (non-hydrogen) atoms. The molecule has 1 amide bonds. The van der Waals surface area contributed by atoms with Crippen LogP contribution in [0.25, 0.3) is 0 Å². The van der Waals surface area contributed by atoms with Gasteiger partial charge in [-0.25, -0.2) is 13.6 Å². The van der Waals surface area contributed by atoms with Crippen molar-refractivity contribution in [2.24, 2.45) is 11.8 Å². The van der Waals surface area contributed by atoms with Crippen molar-refractivity contribution in [3.63, 3.8) is 0 Å². The molecule has 1 unspecified atom stereocenters. The number of carbonyl (C=O) groups is 1. The molecule has 1 saturated heterocycles. The van der Waals surface area contributed by atoms with Gasteiger partial charge in [-0.15, -0.1) is 0 Å². The van der Waals surface area contributed by atoms with Crippen molar-refractivity contribution in [1.29, 1.82) is 0 Å². The Morgan fingerprint density at radius 2 is 1.88 bits per heavy atom. The third kappa shape index (κ3) is 2.28. The monoisotopic (exact) mass is 233 g/mol. The maximum Gasteiger partial charge on any atom is 0.410 e. The van der Waals surface area contributed by atoms with Crippen LogP contribution in [-0.4, -0.2) is 35.6 Å². The average Bonchev–Trinajstić information content (AvgIpc) is 2.51. The summed E-state index contributed by atoms with van der Waals surface area (Å²) in [4.78, 5) is 13.0. The maximum absolute atomic E-state index is 12.7. The lowest BCUT2D eigenvalue weighted by atomic mass is 9.95. The molecule has 0 radical (unpaired) electrons. The molecule has 92 valence electrons. The standard InChI is InChI=1S/C11H17F2NO2/c1-10(2,3)16-9(15)14-5-7(6-14)8-4-11(8,12)13/h7-8H,4-6H2,1-3H3. The quantitative estimate of drug-likeness (QED) is 0.696. The Morgan fingerprint density at radius 3 is 2.25 bits per heavy atom. The molecule has 1 aliphatic heterocycles. The van der Waals surface area contributed by atoms with Crippen LogP contribution in [-0.2, 0) is 4.74 Å². The summed E-state index contributed by atoms with van der Waals surface area (Å²) >= 11 is 0. The van der Waals surface area contributed by atoms with Crippen LogP contribution in [0.5, 0.6) is 0 Å². The fraction of sp³-hybridized carbons (Fsp3) is 0.909. The lowest BCUT2D eigenvalue weighted by Gasteiger charge is -2.39. The van der Waals surface area contributed by atoms with E-state index in [0.717, 1.165) is 0 Å². The topological polar surface area (TPSA) is 29.5 Å². The Balaban J connectivity index is 1.75. The van der Waals surface area contributed by atoms with Crippen LogP contribution >= 0.6 is 0 Å². The number of hydrogen-bond acceptors (Lipinski definition) is 2. The smallest absolute Gasteiger partial charge is 0.410 e. The molecular weight excluding hydrogens is 216 g/mol. The van der Waals surface area contributed by atoms with Gasteiger partial charge in [0, 0.05) is 31.3 Å². The first-order chi connectivity index (χ1) is 7.19. The van der Waals surface area contributed by atoms with Crippen LogP contribution in [0.2, 0.25) is 0 Å². The van der Waals surface area contributed by atoms with Gasteiger partial charge in [0.25, 0.3) is 5.92 Å². The minimum atomic E-state index is -2.48. The first-order valence-corrected chi connectivity index (χ1v) is 5.55. The van der Waals surface area contributed by atoms with Gasteiger partial charge in [-0.3, -0.25) is 0 Å². The summed E-state index contributed by atoms with van der Waals surface area (Å²) in [7, 11) is 0. The Bertz CT molecular complexity index is 306. The molecular formula is C11H17F2NO2. The van der Waals surface area contributed by atoms with Crippen LogP contribution in [0, 0.1) is 11.8 Å². The highest BCUT2D eigenvalue weighted by Crippen LogP contribution is 2.55. The van der Waals surface area contributed by atoms with Gasteiger partial charge < -0.3 is 9.64 Å². The van der Waals surface area contributed by atoms with Crippen LogP contribution in [0.1, 0.15) is 27.2 Å². The number of nitrogens with zero attached hydrogens (tertiary/aromatic N) is 1. The number of alkyl halides is 2. The van der Waals surface area contributed by atoms with E-state index < -0.39 is 23.5 Å². The summed E-state index contributed by atoms with van der Waals surface area (Å²) in [5.74, 6) is -3.03. The van der Waals surface area contributed by atoms with Gasteiger partial charge in [0.05, 0.1) is 0 Å². The Morgan fingerprint density at radius 1 is 1.38 bits per heavy atom. The zero-order valence-electron chi connectivity index (χ0n) is 9.80. The SMILES string of the molecule is CC(C)(C)OC(=O)N1CC(C2CC2(F)F)C1. The number of likely N-dealkylation sites (tertiary alicyclic amines) is 1. The molecule has 3 nitrogen and oxygen atoms in total. The van der Waals surface area contributed by atoms with E-state index in [2.05, 4.69) is 0 Å². The second-order valence-corrected chi connectivity index (χ2v) is 5.72.